The van der Waals surface area contributed by atoms with Crippen LogP contribution in [0.2, 0.25) is 50.2 Å². The number of ketones is 4. The van der Waals surface area contributed by atoms with E-state index < -0.39 is 94.9 Å². The van der Waals surface area contributed by atoms with E-state index in [1.165, 1.54) is 71.6 Å². The Balaban J connectivity index is 0.000000144. The maximum absolute atomic E-state index is 13.4. The first-order valence-electron chi connectivity index (χ1n) is 29.1. The van der Waals surface area contributed by atoms with Crippen molar-refractivity contribution < 1.29 is 63.2 Å². The van der Waals surface area contributed by atoms with Gasteiger partial charge in [0.15, 0.2) is 45.5 Å². The van der Waals surface area contributed by atoms with E-state index in [-0.39, 0.29) is 97.4 Å². The lowest BCUT2D eigenvalue weighted by molar-refractivity contribution is -0.136. The smallest absolute Gasteiger partial charge is 0.264 e. The SMILES string of the molecule is O=C(CC1(O)C(=O)N(Cc2ccccc2)c2c(Cl)ccc(Cl)c21)c1ccc(Cl)cc1.O=C(CC1(O)C(=O)Nc2c(Cl)ccc(Cl)c21)c1ccc(Br)cc1.O=C(CC1(O)C(=O)Nc2c(Cl)ccc(Cl)c21)c1ccc(Cl)cc1.O=C(CC1(O)C(=O)Nc2c(Cl)ccc(Cl)c21)c1ccc(F)cc1. The Morgan fingerprint density at radius 2 is 0.667 bits per heavy atom. The second-order valence-electron chi connectivity index (χ2n) is 22.7. The van der Waals surface area contributed by atoms with Crippen LogP contribution < -0.4 is 20.9 Å². The van der Waals surface area contributed by atoms with E-state index in [1.807, 2.05) is 30.3 Å². The number of Topliss-reactive ketones (excluding diaryl/α,β-unsaturated/α-hetero) is 4. The Kier molecular flexibility index (Phi) is 22.6. The first kappa shape index (κ1) is 74.4. The van der Waals surface area contributed by atoms with Gasteiger partial charge in [0.2, 0.25) is 0 Å². The lowest BCUT2D eigenvalue weighted by Gasteiger charge is -2.23. The normalized spacial score (nSPS) is 18.9. The van der Waals surface area contributed by atoms with Crippen molar-refractivity contribution in [3.05, 3.63) is 287 Å². The Hall–Kier alpha value is -7.31. The fourth-order valence-corrected chi connectivity index (χ4v) is 14.0. The lowest BCUT2D eigenvalue weighted by atomic mass is 9.88. The zero-order chi connectivity index (χ0) is 71.8. The number of nitrogens with zero attached hydrogens (tertiary/aromatic N) is 1. The minimum absolute atomic E-state index is 0.0760. The van der Waals surface area contributed by atoms with Gasteiger partial charge in [0, 0.05) is 79.1 Å². The molecule has 7 N–H and O–H groups in total. The third-order valence-electron chi connectivity index (χ3n) is 16.3. The molecule has 9 aromatic carbocycles. The third kappa shape index (κ3) is 15.2. The van der Waals surface area contributed by atoms with E-state index in [0.717, 1.165) is 22.2 Å². The van der Waals surface area contributed by atoms with Crippen LogP contribution in [0.5, 0.6) is 0 Å². The number of halogens is 12. The zero-order valence-corrected chi connectivity index (χ0v) is 59.5. The highest BCUT2D eigenvalue weighted by molar-refractivity contribution is 9.10. The van der Waals surface area contributed by atoms with Gasteiger partial charge in [-0.15, -0.1) is 0 Å². The molecule has 0 spiro atoms. The van der Waals surface area contributed by atoms with Gasteiger partial charge in [-0.25, -0.2) is 4.39 Å². The largest absolute Gasteiger partial charge is 0.375 e. The number of rotatable bonds is 14. The second kappa shape index (κ2) is 30.1. The van der Waals surface area contributed by atoms with Crippen LogP contribution in [0, 0.1) is 5.82 Å². The van der Waals surface area contributed by atoms with Crippen molar-refractivity contribution in [2.75, 3.05) is 20.9 Å². The molecule has 13 rings (SSSR count). The quantitative estimate of drug-likeness (QED) is 0.0502. The van der Waals surface area contributed by atoms with Crippen molar-refractivity contribution in [2.24, 2.45) is 0 Å². The molecule has 0 saturated heterocycles. The van der Waals surface area contributed by atoms with Crippen molar-refractivity contribution in [1.29, 1.82) is 0 Å². The molecule has 0 aliphatic carbocycles. The predicted molar refractivity (Wildman–Crippen MR) is 384 cm³/mol. The van der Waals surface area contributed by atoms with Crippen LogP contribution in [0.1, 0.15) is 94.9 Å². The van der Waals surface area contributed by atoms with Gasteiger partial charge in [0.1, 0.15) is 5.82 Å². The number of benzene rings is 9. The molecule has 506 valence electrons. The molecule has 0 saturated carbocycles. The lowest BCUT2D eigenvalue weighted by Crippen LogP contribution is -2.41. The van der Waals surface area contributed by atoms with Gasteiger partial charge in [-0.3, -0.25) is 38.4 Å². The number of carbonyl (C=O) groups is 8. The van der Waals surface area contributed by atoms with Crippen LogP contribution in [-0.2, 0) is 48.1 Å². The minimum Gasteiger partial charge on any atom is -0.375 e. The Morgan fingerprint density at radius 3 is 1.02 bits per heavy atom. The van der Waals surface area contributed by atoms with Crippen LogP contribution >= 0.6 is 132 Å². The maximum atomic E-state index is 13.4. The molecule has 16 nitrogen and oxygen atoms in total. The number of amides is 4. The standard InChI is InChI=1S/C23H16Cl3NO3.C16H10BrCl2NO3.C16H10Cl3NO3.C16H10Cl2FNO3/c24-16-8-6-15(7-9-16)19(28)12-23(30)20-17(25)10-11-18(26)21(20)27(22(23)29)13-14-4-2-1-3-5-14;2*17-9-3-1-8(2-4-9)12(21)7-16(23)13-10(18)5-6-11(19)14(13)20-15(16)22;17-10-5-6-11(18)14-13(10)16(23,15(22)20-14)7-12(21)8-1-3-9(19)4-2-8/h1-11,30H,12-13H2;3*1-6,23H,7H2,(H,20,22). The predicted octanol–water partition coefficient (Wildman–Crippen LogP) is 17.4. The first-order chi connectivity index (χ1) is 46.8. The van der Waals surface area contributed by atoms with Crippen molar-refractivity contribution in [2.45, 2.75) is 54.6 Å². The molecular formula is C71H46BrCl10FN4O12. The summed E-state index contributed by atoms with van der Waals surface area (Å²) >= 11 is 64.1. The molecule has 28 heteroatoms. The molecule has 4 heterocycles. The van der Waals surface area contributed by atoms with Crippen LogP contribution in [0.4, 0.5) is 27.1 Å². The average Bonchev–Trinajstić information content (AvgIpc) is 1.59. The second-order valence-corrected chi connectivity index (χ2v) is 27.7. The molecule has 4 aliphatic rings. The number of nitrogens with one attached hydrogen (secondary N) is 3. The van der Waals surface area contributed by atoms with Crippen LogP contribution in [0.3, 0.4) is 0 Å². The van der Waals surface area contributed by atoms with Crippen LogP contribution in [0.15, 0.2) is 180 Å². The number of fused-ring (bicyclic) bond motifs is 4. The highest BCUT2D eigenvalue weighted by Crippen LogP contribution is 2.52. The summed E-state index contributed by atoms with van der Waals surface area (Å²) < 4.78 is 13.8. The fraction of sp³-hybridized carbons (Fsp3) is 0.127. The number of hydrogen-bond acceptors (Lipinski definition) is 12. The Bertz CT molecular complexity index is 4460. The zero-order valence-electron chi connectivity index (χ0n) is 50.3. The molecule has 0 aromatic heterocycles. The number of hydrogen-bond donors (Lipinski definition) is 7. The summed E-state index contributed by atoms with van der Waals surface area (Å²) in [6.07, 6.45) is -1.87. The van der Waals surface area contributed by atoms with Crippen molar-refractivity contribution in [3.63, 3.8) is 0 Å². The van der Waals surface area contributed by atoms with E-state index in [4.69, 9.17) is 116 Å². The van der Waals surface area contributed by atoms with E-state index in [0.29, 0.717) is 32.4 Å². The third-order valence-corrected chi connectivity index (χ3v) is 19.8. The summed E-state index contributed by atoms with van der Waals surface area (Å²) in [5, 5.41) is 53.8. The monoisotopic (exact) mass is 1590 g/mol. The first-order valence-corrected chi connectivity index (χ1v) is 33.7. The van der Waals surface area contributed by atoms with E-state index in [1.54, 1.807) is 66.7 Å². The van der Waals surface area contributed by atoms with E-state index >= 15 is 0 Å². The summed E-state index contributed by atoms with van der Waals surface area (Å²) in [5.74, 6) is -5.08. The van der Waals surface area contributed by atoms with Crippen molar-refractivity contribution in [1.82, 2.24) is 0 Å². The van der Waals surface area contributed by atoms with Crippen LogP contribution in [0.25, 0.3) is 0 Å². The molecule has 9 aromatic rings. The summed E-state index contributed by atoms with van der Waals surface area (Å²) in [6.45, 7) is 0.185. The molecule has 0 fully saturated rings. The molecular weight excluding hydrogens is 1550 g/mol. The highest BCUT2D eigenvalue weighted by Gasteiger charge is 2.55. The fourth-order valence-electron chi connectivity index (χ4n) is 11.3. The van der Waals surface area contributed by atoms with Crippen LogP contribution in [-0.4, -0.2) is 67.2 Å². The topological polar surface area (TPSA) is 257 Å². The van der Waals surface area contributed by atoms with Gasteiger partial charge in [0.05, 0.1) is 75.1 Å². The molecule has 4 unspecified atom stereocenters. The molecule has 99 heavy (non-hydrogen) atoms. The minimum atomic E-state index is -2.12. The van der Waals surface area contributed by atoms with E-state index in [9.17, 15) is 63.2 Å². The van der Waals surface area contributed by atoms with Crippen molar-refractivity contribution >= 4 is 201 Å². The average molecular weight is 1600 g/mol. The van der Waals surface area contributed by atoms with Gasteiger partial charge in [-0.2, -0.15) is 0 Å². The van der Waals surface area contributed by atoms with Gasteiger partial charge < -0.3 is 41.3 Å². The Morgan fingerprint density at radius 1 is 0.374 bits per heavy atom. The molecule has 4 aliphatic heterocycles. The summed E-state index contributed by atoms with van der Waals surface area (Å²) in [6, 6.07) is 45.2. The number of anilines is 4. The Labute approximate surface area is 621 Å². The van der Waals surface area contributed by atoms with E-state index in [2.05, 4.69) is 31.9 Å². The van der Waals surface area contributed by atoms with Gasteiger partial charge >= 0.3 is 0 Å². The molecule has 4 amide bonds. The molecule has 0 bridgehead atoms. The summed E-state index contributed by atoms with van der Waals surface area (Å²) in [7, 11) is 0. The highest BCUT2D eigenvalue weighted by atomic mass is 79.9. The van der Waals surface area contributed by atoms with Gasteiger partial charge in [-0.1, -0.05) is 174 Å². The summed E-state index contributed by atoms with van der Waals surface area (Å²) in [5.41, 5.74) is -4.77. The number of carbonyl (C=O) groups excluding carboxylic acids is 8. The van der Waals surface area contributed by atoms with Gasteiger partial charge in [-0.05, 0) is 139 Å². The summed E-state index contributed by atoms with van der Waals surface area (Å²) in [4.78, 5) is 101. The molecule has 4 atom stereocenters. The maximum Gasteiger partial charge on any atom is 0.264 e. The van der Waals surface area contributed by atoms with Crippen molar-refractivity contribution in [3.8, 4) is 0 Å². The molecule has 0 radical (unpaired) electrons. The number of aliphatic hydroxyl groups is 4. The van der Waals surface area contributed by atoms with Gasteiger partial charge in [0.25, 0.3) is 23.6 Å².